The fraction of sp³-hybridized carbons (Fsp3) is 0.538. The third-order valence-electron chi connectivity index (χ3n) is 2.61. The topological polar surface area (TPSA) is 64.2 Å². The molecule has 1 aromatic rings. The normalized spacial score (nSPS) is 11.3. The summed E-state index contributed by atoms with van der Waals surface area (Å²) in [7, 11) is 0. The third-order valence-corrected chi connectivity index (χ3v) is 2.61. The number of carbonyl (C=O) groups is 1. The molecule has 0 saturated heterocycles. The van der Waals surface area contributed by atoms with Crippen molar-refractivity contribution in [2.75, 3.05) is 13.1 Å². The van der Waals surface area contributed by atoms with Gasteiger partial charge >= 0.3 is 0 Å². The van der Waals surface area contributed by atoms with Crippen molar-refractivity contribution in [1.29, 1.82) is 0 Å². The van der Waals surface area contributed by atoms with Gasteiger partial charge in [0.25, 0.3) is 5.91 Å². The maximum Gasteiger partial charge on any atom is 0.274 e. The van der Waals surface area contributed by atoms with Crippen molar-refractivity contribution in [3.63, 3.8) is 0 Å². The summed E-state index contributed by atoms with van der Waals surface area (Å²) in [4.78, 5) is 18.2. The molecule has 18 heavy (non-hydrogen) atoms. The lowest BCUT2D eigenvalue weighted by Gasteiger charge is -2.34. The first-order valence-corrected chi connectivity index (χ1v) is 6.05. The first kappa shape index (κ1) is 14.4. The number of nitrogens with zero attached hydrogens (tertiary/aromatic N) is 3. The molecule has 0 atom stereocenters. The molecule has 0 spiro atoms. The Kier molecular flexibility index (Phi) is 4.67. The van der Waals surface area contributed by atoms with E-state index in [0.29, 0.717) is 25.3 Å². The summed E-state index contributed by atoms with van der Waals surface area (Å²) in [6.45, 7) is 11.4. The minimum absolute atomic E-state index is 0.0850. The molecular formula is C13H22N4O. The van der Waals surface area contributed by atoms with Crippen LogP contribution in [-0.2, 0) is 6.54 Å². The average molecular weight is 250 g/mol. The van der Waals surface area contributed by atoms with E-state index >= 15 is 0 Å². The molecule has 1 rings (SSSR count). The van der Waals surface area contributed by atoms with Gasteiger partial charge in [0.15, 0.2) is 0 Å². The van der Waals surface area contributed by atoms with Gasteiger partial charge in [-0.2, -0.15) is 0 Å². The molecule has 2 N–H and O–H groups in total. The highest BCUT2D eigenvalue weighted by atomic mass is 16.2. The molecule has 5 nitrogen and oxygen atoms in total. The molecule has 0 aliphatic heterocycles. The Morgan fingerprint density at radius 2 is 2.28 bits per heavy atom. The molecule has 5 heteroatoms. The molecule has 0 aliphatic rings. The molecule has 0 radical (unpaired) electrons. The van der Waals surface area contributed by atoms with Crippen LogP contribution in [0.5, 0.6) is 0 Å². The SMILES string of the molecule is C=CCN(C(=O)c1cn(CCN)cn1)C(C)(C)C. The number of nitrogens with two attached hydrogens (primary N) is 1. The summed E-state index contributed by atoms with van der Waals surface area (Å²) >= 11 is 0. The van der Waals surface area contributed by atoms with Crippen LogP contribution in [-0.4, -0.2) is 39.0 Å². The summed E-state index contributed by atoms with van der Waals surface area (Å²) in [5.41, 5.74) is 5.65. The Bertz CT molecular complexity index is 417. The fourth-order valence-corrected chi connectivity index (χ4v) is 1.67. The van der Waals surface area contributed by atoms with Crippen molar-refractivity contribution >= 4 is 5.91 Å². The molecule has 1 aromatic heterocycles. The number of amides is 1. The van der Waals surface area contributed by atoms with Crippen molar-refractivity contribution in [2.45, 2.75) is 32.9 Å². The van der Waals surface area contributed by atoms with E-state index in [4.69, 9.17) is 5.73 Å². The summed E-state index contributed by atoms with van der Waals surface area (Å²) in [5, 5.41) is 0. The van der Waals surface area contributed by atoms with Gasteiger partial charge in [-0.1, -0.05) is 6.08 Å². The Morgan fingerprint density at radius 3 is 2.78 bits per heavy atom. The second-order valence-corrected chi connectivity index (χ2v) is 5.16. The molecule has 1 amide bonds. The van der Waals surface area contributed by atoms with Crippen molar-refractivity contribution in [2.24, 2.45) is 5.73 Å². The molecule has 0 unspecified atom stereocenters. The maximum absolute atomic E-state index is 12.4. The molecule has 0 fully saturated rings. The van der Waals surface area contributed by atoms with E-state index in [0.717, 1.165) is 0 Å². The van der Waals surface area contributed by atoms with Gasteiger partial charge in [-0.3, -0.25) is 4.79 Å². The Balaban J connectivity index is 2.91. The number of carbonyl (C=O) groups excluding carboxylic acids is 1. The molecule has 0 saturated carbocycles. The quantitative estimate of drug-likeness (QED) is 0.800. The number of aromatic nitrogens is 2. The van der Waals surface area contributed by atoms with Gasteiger partial charge in [0.05, 0.1) is 6.33 Å². The zero-order valence-corrected chi connectivity index (χ0v) is 11.4. The van der Waals surface area contributed by atoms with Gasteiger partial charge < -0.3 is 15.2 Å². The van der Waals surface area contributed by atoms with Crippen LogP contribution in [0, 0.1) is 0 Å². The predicted molar refractivity (Wildman–Crippen MR) is 72.3 cm³/mol. The molecule has 1 heterocycles. The highest BCUT2D eigenvalue weighted by Gasteiger charge is 2.27. The zero-order chi connectivity index (χ0) is 13.8. The lowest BCUT2D eigenvalue weighted by molar-refractivity contribution is 0.0611. The van der Waals surface area contributed by atoms with Crippen molar-refractivity contribution in [1.82, 2.24) is 14.5 Å². The number of hydrogen-bond donors (Lipinski definition) is 1. The van der Waals surface area contributed by atoms with E-state index in [9.17, 15) is 4.79 Å². The summed E-state index contributed by atoms with van der Waals surface area (Å²) in [6, 6.07) is 0. The Labute approximate surface area is 108 Å². The highest BCUT2D eigenvalue weighted by Crippen LogP contribution is 2.16. The molecule has 100 valence electrons. The van der Waals surface area contributed by atoms with Gasteiger partial charge in [-0.05, 0) is 20.8 Å². The average Bonchev–Trinajstić information content (AvgIpc) is 2.72. The summed E-state index contributed by atoms with van der Waals surface area (Å²) in [6.07, 6.45) is 5.09. The summed E-state index contributed by atoms with van der Waals surface area (Å²) in [5.74, 6) is -0.0850. The van der Waals surface area contributed by atoms with Crippen LogP contribution < -0.4 is 5.73 Å². The predicted octanol–water partition coefficient (Wildman–Crippen LogP) is 1.27. The van der Waals surface area contributed by atoms with Crippen LogP contribution >= 0.6 is 0 Å². The van der Waals surface area contributed by atoms with Gasteiger partial charge in [-0.25, -0.2) is 4.98 Å². The fourth-order valence-electron chi connectivity index (χ4n) is 1.67. The minimum atomic E-state index is -0.261. The standard InChI is InChI=1S/C13H22N4O/c1-5-7-17(13(2,3)4)12(18)11-9-16(8-6-14)10-15-11/h5,9-10H,1,6-8,14H2,2-4H3. The van der Waals surface area contributed by atoms with Crippen LogP contribution in [0.1, 0.15) is 31.3 Å². The molecular weight excluding hydrogens is 228 g/mol. The molecule has 0 aliphatic carbocycles. The highest BCUT2D eigenvalue weighted by molar-refractivity contribution is 5.92. The van der Waals surface area contributed by atoms with Crippen LogP contribution in [0.4, 0.5) is 0 Å². The van der Waals surface area contributed by atoms with Crippen molar-refractivity contribution in [3.8, 4) is 0 Å². The lowest BCUT2D eigenvalue weighted by atomic mass is 10.1. The van der Waals surface area contributed by atoms with Gasteiger partial charge in [-0.15, -0.1) is 6.58 Å². The van der Waals surface area contributed by atoms with Crippen LogP contribution in [0.2, 0.25) is 0 Å². The largest absolute Gasteiger partial charge is 0.335 e. The maximum atomic E-state index is 12.4. The Morgan fingerprint density at radius 1 is 1.61 bits per heavy atom. The smallest absolute Gasteiger partial charge is 0.274 e. The van der Waals surface area contributed by atoms with E-state index < -0.39 is 0 Å². The summed E-state index contributed by atoms with van der Waals surface area (Å²) < 4.78 is 1.82. The number of rotatable bonds is 5. The van der Waals surface area contributed by atoms with Crippen molar-refractivity contribution < 1.29 is 4.79 Å². The van der Waals surface area contributed by atoms with Crippen LogP contribution in [0.25, 0.3) is 0 Å². The van der Waals surface area contributed by atoms with E-state index in [1.807, 2.05) is 25.3 Å². The van der Waals surface area contributed by atoms with Crippen LogP contribution in [0.15, 0.2) is 25.2 Å². The van der Waals surface area contributed by atoms with Gasteiger partial charge in [0.1, 0.15) is 5.69 Å². The number of imidazole rings is 1. The van der Waals surface area contributed by atoms with E-state index in [2.05, 4.69) is 11.6 Å². The first-order valence-electron chi connectivity index (χ1n) is 6.05. The molecule has 0 aromatic carbocycles. The van der Waals surface area contributed by atoms with Gasteiger partial charge in [0, 0.05) is 31.4 Å². The van der Waals surface area contributed by atoms with E-state index in [-0.39, 0.29) is 11.4 Å². The Hall–Kier alpha value is -1.62. The zero-order valence-electron chi connectivity index (χ0n) is 11.4. The first-order chi connectivity index (χ1) is 8.40. The second kappa shape index (κ2) is 5.82. The monoisotopic (exact) mass is 250 g/mol. The van der Waals surface area contributed by atoms with Gasteiger partial charge in [0.2, 0.25) is 0 Å². The van der Waals surface area contributed by atoms with Crippen molar-refractivity contribution in [3.05, 3.63) is 30.9 Å². The lowest BCUT2D eigenvalue weighted by Crippen LogP contribution is -2.45. The second-order valence-electron chi connectivity index (χ2n) is 5.16. The third kappa shape index (κ3) is 3.43. The van der Waals surface area contributed by atoms with E-state index in [1.54, 1.807) is 23.5 Å². The molecule has 0 bridgehead atoms. The van der Waals surface area contributed by atoms with E-state index in [1.165, 1.54) is 0 Å². The van der Waals surface area contributed by atoms with Crippen LogP contribution in [0.3, 0.4) is 0 Å². The minimum Gasteiger partial charge on any atom is -0.335 e. The number of hydrogen-bond acceptors (Lipinski definition) is 3.